The Labute approximate surface area is 181 Å². The number of aromatic nitrogens is 2. The third kappa shape index (κ3) is 4.52. The van der Waals surface area contributed by atoms with E-state index in [1.54, 1.807) is 30.3 Å². The number of rotatable bonds is 7. The standard InChI is InChI=1S/C21H19BrClN3O3/c1-4-8-29-20-13(9-15(23)11-18(20)28-3)12-24-26-19(5-2)25-17-7-6-14(22)10-16(17)21(26)27/h4,6-7,9-12H,1,5,8H2,2-3H3. The van der Waals surface area contributed by atoms with E-state index in [9.17, 15) is 4.79 Å². The van der Waals surface area contributed by atoms with E-state index >= 15 is 0 Å². The highest BCUT2D eigenvalue weighted by atomic mass is 79.9. The summed E-state index contributed by atoms with van der Waals surface area (Å²) in [7, 11) is 1.53. The van der Waals surface area contributed by atoms with Crippen LogP contribution in [0.2, 0.25) is 5.02 Å². The summed E-state index contributed by atoms with van der Waals surface area (Å²) in [5.74, 6) is 1.47. The Bertz CT molecular complexity index is 1160. The van der Waals surface area contributed by atoms with Crippen molar-refractivity contribution < 1.29 is 9.47 Å². The molecule has 29 heavy (non-hydrogen) atoms. The first-order valence-electron chi connectivity index (χ1n) is 8.85. The van der Waals surface area contributed by atoms with Crippen molar-refractivity contribution in [2.75, 3.05) is 13.7 Å². The third-order valence-electron chi connectivity index (χ3n) is 4.12. The zero-order valence-corrected chi connectivity index (χ0v) is 18.3. The lowest BCUT2D eigenvalue weighted by molar-refractivity contribution is 0.326. The molecular formula is C21H19BrClN3O3. The van der Waals surface area contributed by atoms with E-state index in [1.807, 2.05) is 13.0 Å². The van der Waals surface area contributed by atoms with Gasteiger partial charge >= 0.3 is 0 Å². The third-order valence-corrected chi connectivity index (χ3v) is 4.83. The molecule has 3 rings (SSSR count). The number of fused-ring (bicyclic) bond motifs is 1. The van der Waals surface area contributed by atoms with Crippen LogP contribution < -0.4 is 15.0 Å². The topological polar surface area (TPSA) is 65.7 Å². The van der Waals surface area contributed by atoms with E-state index in [1.165, 1.54) is 18.0 Å². The van der Waals surface area contributed by atoms with Crippen molar-refractivity contribution in [3.8, 4) is 11.5 Å². The second-order valence-electron chi connectivity index (χ2n) is 6.03. The molecular weight excluding hydrogens is 458 g/mol. The van der Waals surface area contributed by atoms with Crippen LogP contribution in [0.3, 0.4) is 0 Å². The van der Waals surface area contributed by atoms with E-state index in [0.717, 1.165) is 4.47 Å². The fraction of sp³-hybridized carbons (Fsp3) is 0.190. The summed E-state index contributed by atoms with van der Waals surface area (Å²) in [6, 6.07) is 8.72. The average molecular weight is 477 g/mol. The smallest absolute Gasteiger partial charge is 0.282 e. The van der Waals surface area contributed by atoms with Gasteiger partial charge in [-0.1, -0.05) is 47.1 Å². The zero-order valence-electron chi connectivity index (χ0n) is 16.0. The molecule has 0 unspecified atom stereocenters. The molecule has 0 saturated carbocycles. The molecule has 0 aliphatic rings. The minimum Gasteiger partial charge on any atom is -0.493 e. The van der Waals surface area contributed by atoms with Crippen LogP contribution in [0.5, 0.6) is 11.5 Å². The van der Waals surface area contributed by atoms with E-state index in [4.69, 9.17) is 21.1 Å². The Hall–Kier alpha value is -2.64. The van der Waals surface area contributed by atoms with Crippen LogP contribution in [0, 0.1) is 0 Å². The Morgan fingerprint density at radius 2 is 2.14 bits per heavy atom. The van der Waals surface area contributed by atoms with Gasteiger partial charge in [0.1, 0.15) is 12.4 Å². The molecule has 0 radical (unpaired) electrons. The highest BCUT2D eigenvalue weighted by molar-refractivity contribution is 9.10. The first-order chi connectivity index (χ1) is 14.0. The van der Waals surface area contributed by atoms with Crippen LogP contribution >= 0.6 is 27.5 Å². The Morgan fingerprint density at radius 1 is 1.34 bits per heavy atom. The van der Waals surface area contributed by atoms with E-state index in [2.05, 4.69) is 32.6 Å². The molecule has 0 spiro atoms. The highest BCUT2D eigenvalue weighted by Crippen LogP contribution is 2.34. The van der Waals surface area contributed by atoms with Crippen molar-refractivity contribution in [3.05, 3.63) is 74.2 Å². The molecule has 0 fully saturated rings. The van der Waals surface area contributed by atoms with Crippen molar-refractivity contribution in [2.45, 2.75) is 13.3 Å². The Morgan fingerprint density at radius 3 is 2.83 bits per heavy atom. The molecule has 0 N–H and O–H groups in total. The van der Waals surface area contributed by atoms with Gasteiger partial charge in [0.15, 0.2) is 11.5 Å². The summed E-state index contributed by atoms with van der Waals surface area (Å²) in [6.07, 6.45) is 3.68. The number of ether oxygens (including phenoxy) is 2. The Kier molecular flexibility index (Phi) is 6.71. The molecule has 150 valence electrons. The number of benzene rings is 2. The van der Waals surface area contributed by atoms with Gasteiger partial charge in [-0.15, -0.1) is 0 Å². The van der Waals surface area contributed by atoms with Crippen molar-refractivity contribution in [3.63, 3.8) is 0 Å². The predicted octanol–water partition coefficient (Wildman–Crippen LogP) is 4.83. The van der Waals surface area contributed by atoms with Gasteiger partial charge in [-0.2, -0.15) is 9.78 Å². The number of aryl methyl sites for hydroxylation is 1. The van der Waals surface area contributed by atoms with Crippen molar-refractivity contribution in [1.29, 1.82) is 0 Å². The minimum atomic E-state index is -0.257. The summed E-state index contributed by atoms with van der Waals surface area (Å²) in [4.78, 5) is 17.6. The normalized spacial score (nSPS) is 11.2. The number of hydrogen-bond acceptors (Lipinski definition) is 5. The van der Waals surface area contributed by atoms with E-state index < -0.39 is 0 Å². The molecule has 6 nitrogen and oxygen atoms in total. The van der Waals surface area contributed by atoms with Gasteiger partial charge in [0, 0.05) is 27.5 Å². The minimum absolute atomic E-state index is 0.257. The lowest BCUT2D eigenvalue weighted by Gasteiger charge is -2.13. The van der Waals surface area contributed by atoms with Crippen LogP contribution in [0.15, 0.2) is 57.4 Å². The molecule has 1 heterocycles. The van der Waals surface area contributed by atoms with Crippen molar-refractivity contribution >= 4 is 44.6 Å². The van der Waals surface area contributed by atoms with Crippen LogP contribution in [-0.2, 0) is 6.42 Å². The fourth-order valence-electron chi connectivity index (χ4n) is 2.80. The van der Waals surface area contributed by atoms with Crippen molar-refractivity contribution in [1.82, 2.24) is 9.66 Å². The number of nitrogens with zero attached hydrogens (tertiary/aromatic N) is 3. The second kappa shape index (κ2) is 9.24. The molecule has 0 aliphatic carbocycles. The first kappa shape index (κ1) is 21.1. The van der Waals surface area contributed by atoms with Crippen LogP contribution in [0.1, 0.15) is 18.3 Å². The second-order valence-corrected chi connectivity index (χ2v) is 7.38. The quantitative estimate of drug-likeness (QED) is 0.362. The van der Waals surface area contributed by atoms with Crippen molar-refractivity contribution in [2.24, 2.45) is 5.10 Å². The molecule has 3 aromatic rings. The number of methoxy groups -OCH3 is 1. The summed E-state index contributed by atoms with van der Waals surface area (Å²) < 4.78 is 13.2. The molecule has 0 amide bonds. The number of halogens is 2. The molecule has 0 saturated heterocycles. The van der Waals surface area contributed by atoms with Crippen LogP contribution in [0.25, 0.3) is 10.9 Å². The molecule has 0 bridgehead atoms. The summed E-state index contributed by atoms with van der Waals surface area (Å²) >= 11 is 9.59. The maximum Gasteiger partial charge on any atom is 0.282 e. The molecule has 0 atom stereocenters. The average Bonchev–Trinajstić information content (AvgIpc) is 2.72. The van der Waals surface area contributed by atoms with Gasteiger partial charge < -0.3 is 9.47 Å². The Balaban J connectivity index is 2.16. The number of hydrogen-bond donors (Lipinski definition) is 0. The highest BCUT2D eigenvalue weighted by Gasteiger charge is 2.13. The van der Waals surface area contributed by atoms with Gasteiger partial charge in [-0.05, 0) is 24.3 Å². The van der Waals surface area contributed by atoms with Gasteiger partial charge in [-0.3, -0.25) is 4.79 Å². The molecule has 2 aromatic carbocycles. The lowest BCUT2D eigenvalue weighted by Crippen LogP contribution is -2.22. The van der Waals surface area contributed by atoms with Crippen LogP contribution in [-0.4, -0.2) is 29.6 Å². The monoisotopic (exact) mass is 475 g/mol. The summed E-state index contributed by atoms with van der Waals surface area (Å²) in [5, 5.41) is 5.32. The summed E-state index contributed by atoms with van der Waals surface area (Å²) in [6.45, 7) is 5.86. The van der Waals surface area contributed by atoms with E-state index in [-0.39, 0.29) is 12.2 Å². The SMILES string of the molecule is C=CCOc1c(C=Nn2c(CC)nc3ccc(Br)cc3c2=O)cc(Cl)cc1OC. The van der Waals surface area contributed by atoms with Gasteiger partial charge in [-0.25, -0.2) is 4.98 Å². The molecule has 1 aromatic heterocycles. The predicted molar refractivity (Wildman–Crippen MR) is 120 cm³/mol. The van der Waals surface area contributed by atoms with Crippen LogP contribution in [0.4, 0.5) is 0 Å². The van der Waals surface area contributed by atoms with Gasteiger partial charge in [0.2, 0.25) is 0 Å². The fourth-order valence-corrected chi connectivity index (χ4v) is 3.37. The lowest BCUT2D eigenvalue weighted by atomic mass is 10.2. The molecule has 8 heteroatoms. The first-order valence-corrected chi connectivity index (χ1v) is 10.0. The van der Waals surface area contributed by atoms with E-state index in [0.29, 0.717) is 45.2 Å². The van der Waals surface area contributed by atoms with Gasteiger partial charge in [0.25, 0.3) is 5.56 Å². The van der Waals surface area contributed by atoms with Gasteiger partial charge in [0.05, 0.1) is 24.2 Å². The molecule has 0 aliphatic heterocycles. The summed E-state index contributed by atoms with van der Waals surface area (Å²) in [5.41, 5.74) is 0.937. The maximum absolute atomic E-state index is 13.0. The largest absolute Gasteiger partial charge is 0.493 e. The zero-order chi connectivity index (χ0) is 21.0. The maximum atomic E-state index is 13.0.